The Hall–Kier alpha value is -2.07. The third kappa shape index (κ3) is 3.57. The van der Waals surface area contributed by atoms with Gasteiger partial charge in [0.25, 0.3) is 5.91 Å². The van der Waals surface area contributed by atoms with Crippen molar-refractivity contribution in [3.63, 3.8) is 0 Å². The van der Waals surface area contributed by atoms with Crippen molar-refractivity contribution in [2.75, 3.05) is 19.6 Å². The standard InChI is InChI=1S/C18H22N2O2/c21-18(15-8-3-1-4-9-15)19-14-16(17-10-7-13-22-17)20-11-5-2-6-12-20/h1,3-4,7-10,13,16H,2,5-6,11-12,14H2,(H,19,21)/t16-/m0/s1. The number of furan rings is 1. The maximum atomic E-state index is 12.2. The van der Waals surface area contributed by atoms with E-state index in [9.17, 15) is 4.79 Å². The van der Waals surface area contributed by atoms with Crippen LogP contribution in [0.2, 0.25) is 0 Å². The van der Waals surface area contributed by atoms with Crippen LogP contribution < -0.4 is 5.32 Å². The normalized spacial score (nSPS) is 17.1. The van der Waals surface area contributed by atoms with E-state index in [4.69, 9.17) is 4.42 Å². The minimum absolute atomic E-state index is 0.0332. The predicted octanol–water partition coefficient (Wildman–Crippen LogP) is 3.24. The average Bonchev–Trinajstić information content (AvgIpc) is 3.11. The molecule has 1 atom stereocenters. The average molecular weight is 298 g/mol. The molecule has 0 bridgehead atoms. The Kier molecular flexibility index (Phi) is 4.91. The lowest BCUT2D eigenvalue weighted by Crippen LogP contribution is -2.40. The van der Waals surface area contributed by atoms with Crippen molar-refractivity contribution in [2.24, 2.45) is 0 Å². The molecule has 1 amide bonds. The van der Waals surface area contributed by atoms with E-state index in [1.165, 1.54) is 19.3 Å². The quantitative estimate of drug-likeness (QED) is 0.921. The molecule has 22 heavy (non-hydrogen) atoms. The Bertz CT molecular complexity index is 574. The van der Waals surface area contributed by atoms with Crippen LogP contribution in [0.5, 0.6) is 0 Å². The lowest BCUT2D eigenvalue weighted by atomic mass is 10.1. The molecule has 1 aliphatic rings. The van der Waals surface area contributed by atoms with E-state index in [0.717, 1.165) is 18.8 Å². The van der Waals surface area contributed by atoms with Crippen molar-refractivity contribution in [1.82, 2.24) is 10.2 Å². The number of amides is 1. The van der Waals surface area contributed by atoms with Gasteiger partial charge in [0.05, 0.1) is 12.3 Å². The first-order valence-electron chi connectivity index (χ1n) is 7.95. The monoisotopic (exact) mass is 298 g/mol. The molecule has 116 valence electrons. The maximum Gasteiger partial charge on any atom is 0.251 e. The molecule has 0 radical (unpaired) electrons. The van der Waals surface area contributed by atoms with Gasteiger partial charge in [-0.05, 0) is 50.2 Å². The smallest absolute Gasteiger partial charge is 0.251 e. The molecule has 1 saturated heterocycles. The summed E-state index contributed by atoms with van der Waals surface area (Å²) in [6, 6.07) is 13.3. The fourth-order valence-electron chi connectivity index (χ4n) is 3.00. The molecule has 0 spiro atoms. The zero-order chi connectivity index (χ0) is 15.2. The highest BCUT2D eigenvalue weighted by molar-refractivity contribution is 5.94. The second-order valence-corrected chi connectivity index (χ2v) is 5.70. The van der Waals surface area contributed by atoms with E-state index < -0.39 is 0 Å². The van der Waals surface area contributed by atoms with Crippen molar-refractivity contribution in [3.05, 3.63) is 60.1 Å². The van der Waals surface area contributed by atoms with Crippen LogP contribution in [0.25, 0.3) is 0 Å². The Balaban J connectivity index is 1.66. The molecule has 1 fully saturated rings. The number of carbonyl (C=O) groups excluding carboxylic acids is 1. The van der Waals surface area contributed by atoms with E-state index >= 15 is 0 Å². The zero-order valence-electron chi connectivity index (χ0n) is 12.7. The summed E-state index contributed by atoms with van der Waals surface area (Å²) >= 11 is 0. The topological polar surface area (TPSA) is 45.5 Å². The Morgan fingerprint density at radius 2 is 1.86 bits per heavy atom. The molecule has 0 aliphatic carbocycles. The third-order valence-corrected chi connectivity index (χ3v) is 4.19. The minimum atomic E-state index is -0.0332. The molecule has 3 rings (SSSR count). The molecule has 2 heterocycles. The number of hydrogen-bond donors (Lipinski definition) is 1. The first-order chi connectivity index (χ1) is 10.8. The molecule has 0 saturated carbocycles. The second kappa shape index (κ2) is 7.27. The summed E-state index contributed by atoms with van der Waals surface area (Å²) in [4.78, 5) is 14.7. The van der Waals surface area contributed by atoms with Gasteiger partial charge in [-0.3, -0.25) is 9.69 Å². The first-order valence-corrected chi connectivity index (χ1v) is 7.95. The number of hydrogen-bond acceptors (Lipinski definition) is 3. The Morgan fingerprint density at radius 1 is 1.09 bits per heavy atom. The van der Waals surface area contributed by atoms with Crippen molar-refractivity contribution >= 4 is 5.91 Å². The summed E-state index contributed by atoms with van der Waals surface area (Å²) in [6.07, 6.45) is 5.41. The van der Waals surface area contributed by atoms with Gasteiger partial charge >= 0.3 is 0 Å². The number of nitrogens with zero attached hydrogens (tertiary/aromatic N) is 1. The van der Waals surface area contributed by atoms with Gasteiger partial charge in [0.1, 0.15) is 5.76 Å². The Morgan fingerprint density at radius 3 is 2.55 bits per heavy atom. The van der Waals surface area contributed by atoms with Gasteiger partial charge in [-0.25, -0.2) is 0 Å². The van der Waals surface area contributed by atoms with E-state index in [1.54, 1.807) is 6.26 Å². The fraction of sp³-hybridized carbons (Fsp3) is 0.389. The summed E-state index contributed by atoms with van der Waals surface area (Å²) in [5.41, 5.74) is 0.694. The largest absolute Gasteiger partial charge is 0.468 e. The van der Waals surface area contributed by atoms with Crippen LogP contribution in [0.15, 0.2) is 53.1 Å². The van der Waals surface area contributed by atoms with Crippen molar-refractivity contribution in [2.45, 2.75) is 25.3 Å². The first kappa shape index (κ1) is 14.9. The van der Waals surface area contributed by atoms with Gasteiger partial charge in [0, 0.05) is 12.1 Å². The number of benzene rings is 1. The van der Waals surface area contributed by atoms with Gasteiger partial charge in [-0.15, -0.1) is 0 Å². The zero-order valence-corrected chi connectivity index (χ0v) is 12.7. The van der Waals surface area contributed by atoms with Gasteiger partial charge in [-0.1, -0.05) is 24.6 Å². The molecule has 4 nitrogen and oxygen atoms in total. The van der Waals surface area contributed by atoms with Gasteiger partial charge in [0.2, 0.25) is 0 Å². The van der Waals surface area contributed by atoms with Crippen LogP contribution in [-0.2, 0) is 0 Å². The van der Waals surface area contributed by atoms with E-state index in [-0.39, 0.29) is 11.9 Å². The summed E-state index contributed by atoms with van der Waals surface area (Å²) in [5.74, 6) is 0.893. The lowest BCUT2D eigenvalue weighted by molar-refractivity contribution is 0.0914. The SMILES string of the molecule is O=C(NC[C@@H](c1ccco1)N1CCCCC1)c1ccccc1. The highest BCUT2D eigenvalue weighted by Gasteiger charge is 2.24. The maximum absolute atomic E-state index is 12.2. The number of piperidine rings is 1. The molecule has 1 aliphatic heterocycles. The van der Waals surface area contributed by atoms with Crippen LogP contribution >= 0.6 is 0 Å². The van der Waals surface area contributed by atoms with E-state index in [0.29, 0.717) is 12.1 Å². The lowest BCUT2D eigenvalue weighted by Gasteiger charge is -2.33. The van der Waals surface area contributed by atoms with Gasteiger partial charge in [0.15, 0.2) is 0 Å². The van der Waals surface area contributed by atoms with E-state index in [1.807, 2.05) is 42.5 Å². The molecule has 0 unspecified atom stereocenters. The van der Waals surface area contributed by atoms with Crippen LogP contribution in [0.4, 0.5) is 0 Å². The van der Waals surface area contributed by atoms with E-state index in [2.05, 4.69) is 10.2 Å². The summed E-state index contributed by atoms with van der Waals surface area (Å²) in [7, 11) is 0. The highest BCUT2D eigenvalue weighted by atomic mass is 16.3. The molecular formula is C18H22N2O2. The third-order valence-electron chi connectivity index (χ3n) is 4.19. The number of rotatable bonds is 5. The van der Waals surface area contributed by atoms with Gasteiger partial charge in [-0.2, -0.15) is 0 Å². The molecule has 1 N–H and O–H groups in total. The van der Waals surface area contributed by atoms with Crippen LogP contribution in [0, 0.1) is 0 Å². The summed E-state index contributed by atoms with van der Waals surface area (Å²) < 4.78 is 5.59. The molecule has 2 aromatic rings. The summed E-state index contributed by atoms with van der Waals surface area (Å²) in [5, 5.41) is 3.04. The van der Waals surface area contributed by atoms with Crippen molar-refractivity contribution < 1.29 is 9.21 Å². The van der Waals surface area contributed by atoms with Crippen LogP contribution in [0.1, 0.15) is 41.4 Å². The Labute approximate surface area is 131 Å². The highest BCUT2D eigenvalue weighted by Crippen LogP contribution is 2.24. The number of carbonyl (C=O) groups is 1. The predicted molar refractivity (Wildman–Crippen MR) is 85.6 cm³/mol. The molecular weight excluding hydrogens is 276 g/mol. The summed E-state index contributed by atoms with van der Waals surface area (Å²) in [6.45, 7) is 2.69. The number of nitrogens with one attached hydrogen (secondary N) is 1. The van der Waals surface area contributed by atoms with Crippen molar-refractivity contribution in [1.29, 1.82) is 0 Å². The molecule has 1 aromatic carbocycles. The molecule has 1 aromatic heterocycles. The minimum Gasteiger partial charge on any atom is -0.468 e. The van der Waals surface area contributed by atoms with Crippen LogP contribution in [0.3, 0.4) is 0 Å². The van der Waals surface area contributed by atoms with Gasteiger partial charge < -0.3 is 9.73 Å². The molecule has 4 heteroatoms. The van der Waals surface area contributed by atoms with Crippen molar-refractivity contribution in [3.8, 4) is 0 Å². The second-order valence-electron chi connectivity index (χ2n) is 5.70. The van der Waals surface area contributed by atoms with Crippen LogP contribution in [-0.4, -0.2) is 30.4 Å². The number of likely N-dealkylation sites (tertiary alicyclic amines) is 1. The fourth-order valence-corrected chi connectivity index (χ4v) is 3.00.